The summed E-state index contributed by atoms with van der Waals surface area (Å²) in [5, 5.41) is 0. The van der Waals surface area contributed by atoms with Crippen LogP contribution in [0.4, 0.5) is 0 Å². The molecule has 0 spiro atoms. The van der Waals surface area contributed by atoms with Gasteiger partial charge >= 0.3 is 19.8 Å². The second-order valence-electron chi connectivity index (χ2n) is 17.8. The molecule has 8 nitrogen and oxygen atoms in total. The molecule has 56 heavy (non-hydrogen) atoms. The zero-order valence-electron chi connectivity index (χ0n) is 37.4. The van der Waals surface area contributed by atoms with Crippen LogP contribution >= 0.6 is 7.82 Å². The Kier molecular flexibility index (Phi) is 40.1. The first-order chi connectivity index (χ1) is 27.0. The predicted octanol–water partition coefficient (Wildman–Crippen LogP) is 14.9. The SMILES string of the molecule is CC(C)CCCCCCCCCCCCCCCCCCCCC(=O)OC[C@H](COP(=O)(O)O)OC(=O)CCCCCCCCCCCCCCCCC(C)C. The van der Waals surface area contributed by atoms with Crippen molar-refractivity contribution in [2.75, 3.05) is 13.2 Å². The minimum atomic E-state index is -4.75. The van der Waals surface area contributed by atoms with Gasteiger partial charge in [0.15, 0.2) is 6.10 Å². The maximum Gasteiger partial charge on any atom is 0.469 e. The van der Waals surface area contributed by atoms with Gasteiger partial charge in [0.1, 0.15) is 6.61 Å². The molecule has 0 aromatic rings. The number of hydrogen-bond donors (Lipinski definition) is 2. The van der Waals surface area contributed by atoms with Gasteiger partial charge in [-0.25, -0.2) is 4.57 Å². The lowest BCUT2D eigenvalue weighted by Gasteiger charge is -2.18. The third kappa shape index (κ3) is 45.7. The normalized spacial score (nSPS) is 12.5. The van der Waals surface area contributed by atoms with Gasteiger partial charge in [0.25, 0.3) is 0 Å². The summed E-state index contributed by atoms with van der Waals surface area (Å²) in [6.07, 6.45) is 42.6. The van der Waals surface area contributed by atoms with Crippen LogP contribution in [0, 0.1) is 11.8 Å². The molecular weight excluding hydrogens is 723 g/mol. The quantitative estimate of drug-likeness (QED) is 0.0354. The summed E-state index contributed by atoms with van der Waals surface area (Å²) in [4.78, 5) is 43.0. The zero-order valence-corrected chi connectivity index (χ0v) is 38.3. The van der Waals surface area contributed by atoms with Crippen LogP contribution in [0.25, 0.3) is 0 Å². The predicted molar refractivity (Wildman–Crippen MR) is 235 cm³/mol. The van der Waals surface area contributed by atoms with Crippen LogP contribution < -0.4 is 0 Å². The lowest BCUT2D eigenvalue weighted by Crippen LogP contribution is -2.29. The summed E-state index contributed by atoms with van der Waals surface area (Å²) in [7, 11) is -4.75. The van der Waals surface area contributed by atoms with Crippen LogP contribution in [0.5, 0.6) is 0 Å². The molecule has 0 heterocycles. The molecule has 0 aromatic carbocycles. The first-order valence-corrected chi connectivity index (χ1v) is 25.6. The minimum Gasteiger partial charge on any atom is -0.462 e. The molecule has 0 aliphatic heterocycles. The van der Waals surface area contributed by atoms with E-state index in [0.29, 0.717) is 6.42 Å². The van der Waals surface area contributed by atoms with Gasteiger partial charge in [-0.2, -0.15) is 0 Å². The molecule has 0 aromatic heterocycles. The van der Waals surface area contributed by atoms with Crippen molar-refractivity contribution >= 4 is 19.8 Å². The number of carbonyl (C=O) groups excluding carboxylic acids is 2. The Morgan fingerprint density at radius 2 is 0.679 bits per heavy atom. The van der Waals surface area contributed by atoms with Crippen LogP contribution in [-0.2, 0) is 28.2 Å². The summed E-state index contributed by atoms with van der Waals surface area (Å²) in [5.74, 6) is 0.816. The van der Waals surface area contributed by atoms with Gasteiger partial charge in [0.2, 0.25) is 0 Å². The molecular formula is C47H93O8P. The lowest BCUT2D eigenvalue weighted by atomic mass is 10.0. The lowest BCUT2D eigenvalue weighted by molar-refractivity contribution is -0.161. The minimum absolute atomic E-state index is 0.219. The van der Waals surface area contributed by atoms with Crippen LogP contribution in [0.2, 0.25) is 0 Å². The van der Waals surface area contributed by atoms with Crippen molar-refractivity contribution < 1.29 is 37.9 Å². The maximum absolute atomic E-state index is 12.4. The number of hydrogen-bond acceptors (Lipinski definition) is 6. The van der Waals surface area contributed by atoms with E-state index in [2.05, 4.69) is 32.2 Å². The van der Waals surface area contributed by atoms with Crippen LogP contribution in [0.1, 0.15) is 259 Å². The summed E-state index contributed by atoms with van der Waals surface area (Å²) in [6, 6.07) is 0. The van der Waals surface area contributed by atoms with Gasteiger partial charge in [0.05, 0.1) is 6.61 Å². The number of rotatable bonds is 44. The van der Waals surface area contributed by atoms with E-state index in [9.17, 15) is 14.2 Å². The molecule has 0 fully saturated rings. The summed E-state index contributed by atoms with van der Waals surface area (Å²) < 4.78 is 26.5. The Morgan fingerprint density at radius 3 is 0.964 bits per heavy atom. The van der Waals surface area contributed by atoms with Gasteiger partial charge in [0, 0.05) is 12.8 Å². The van der Waals surface area contributed by atoms with Gasteiger partial charge in [-0.05, 0) is 24.7 Å². The number of esters is 2. The molecule has 0 saturated carbocycles. The Hall–Kier alpha value is -0.950. The van der Waals surface area contributed by atoms with Gasteiger partial charge in [-0.1, -0.05) is 233 Å². The highest BCUT2D eigenvalue weighted by atomic mass is 31.2. The molecule has 0 saturated heterocycles. The Bertz CT molecular complexity index is 905. The number of phosphoric ester groups is 1. The fraction of sp³-hybridized carbons (Fsp3) is 0.957. The van der Waals surface area contributed by atoms with Crippen LogP contribution in [0.3, 0.4) is 0 Å². The highest BCUT2D eigenvalue weighted by Gasteiger charge is 2.23. The van der Waals surface area contributed by atoms with Crippen molar-refractivity contribution in [3.05, 3.63) is 0 Å². The molecule has 0 rings (SSSR count). The topological polar surface area (TPSA) is 119 Å². The molecule has 9 heteroatoms. The third-order valence-corrected chi connectivity index (χ3v) is 11.5. The van der Waals surface area contributed by atoms with Crippen molar-refractivity contribution in [1.29, 1.82) is 0 Å². The van der Waals surface area contributed by atoms with E-state index < -0.39 is 32.5 Å². The second kappa shape index (κ2) is 40.8. The number of phosphoric acid groups is 1. The summed E-state index contributed by atoms with van der Waals surface area (Å²) in [5.41, 5.74) is 0. The largest absolute Gasteiger partial charge is 0.469 e. The molecule has 0 aliphatic carbocycles. The van der Waals surface area contributed by atoms with E-state index in [-0.39, 0.29) is 19.4 Å². The van der Waals surface area contributed by atoms with Gasteiger partial charge < -0.3 is 19.3 Å². The summed E-state index contributed by atoms with van der Waals surface area (Å²) in [6.45, 7) is 8.44. The number of unbranched alkanes of at least 4 members (excludes halogenated alkanes) is 30. The standard InChI is InChI=1S/C47H93O8P/c1-43(2)37-33-29-25-21-17-13-9-7-5-6-8-10-15-19-23-27-31-35-39-46(48)53-41-45(42-54-56(50,51)52)55-47(49)40-36-32-28-24-20-16-12-11-14-18-22-26-30-34-38-44(3)4/h43-45H,5-42H2,1-4H3,(H2,50,51,52)/t45-/m1/s1. The molecule has 0 unspecified atom stereocenters. The Labute approximate surface area is 346 Å². The highest BCUT2D eigenvalue weighted by molar-refractivity contribution is 7.46. The van der Waals surface area contributed by atoms with E-state index in [1.54, 1.807) is 0 Å². The molecule has 0 bridgehead atoms. The first-order valence-electron chi connectivity index (χ1n) is 24.0. The average Bonchev–Trinajstić information content (AvgIpc) is 3.14. The van der Waals surface area contributed by atoms with Crippen molar-refractivity contribution in [1.82, 2.24) is 0 Å². The van der Waals surface area contributed by atoms with E-state index in [0.717, 1.165) is 43.9 Å². The third-order valence-electron chi connectivity index (χ3n) is 11.0. The molecule has 2 N–H and O–H groups in total. The summed E-state index contributed by atoms with van der Waals surface area (Å²) >= 11 is 0. The van der Waals surface area contributed by atoms with Crippen LogP contribution in [-0.4, -0.2) is 41.0 Å². The zero-order chi connectivity index (χ0) is 41.4. The van der Waals surface area contributed by atoms with E-state index >= 15 is 0 Å². The molecule has 334 valence electrons. The molecule has 0 radical (unpaired) electrons. The van der Waals surface area contributed by atoms with E-state index in [4.69, 9.17) is 19.3 Å². The van der Waals surface area contributed by atoms with Crippen LogP contribution in [0.15, 0.2) is 0 Å². The molecule has 0 amide bonds. The monoisotopic (exact) mass is 817 g/mol. The first kappa shape index (κ1) is 55.0. The Balaban J connectivity index is 3.78. The average molecular weight is 817 g/mol. The number of ether oxygens (including phenoxy) is 2. The van der Waals surface area contributed by atoms with Crippen molar-refractivity contribution in [2.45, 2.75) is 265 Å². The van der Waals surface area contributed by atoms with Crippen molar-refractivity contribution in [3.63, 3.8) is 0 Å². The number of carbonyl (C=O) groups is 2. The van der Waals surface area contributed by atoms with Crippen molar-refractivity contribution in [2.24, 2.45) is 11.8 Å². The van der Waals surface area contributed by atoms with Crippen molar-refractivity contribution in [3.8, 4) is 0 Å². The van der Waals surface area contributed by atoms with Gasteiger partial charge in [-0.3, -0.25) is 14.1 Å². The van der Waals surface area contributed by atoms with E-state index in [1.807, 2.05) is 0 Å². The molecule has 1 atom stereocenters. The highest BCUT2D eigenvalue weighted by Crippen LogP contribution is 2.36. The fourth-order valence-electron chi connectivity index (χ4n) is 7.39. The Morgan fingerprint density at radius 1 is 0.411 bits per heavy atom. The maximum atomic E-state index is 12.4. The fourth-order valence-corrected chi connectivity index (χ4v) is 7.75. The molecule has 0 aliphatic rings. The second-order valence-corrected chi connectivity index (χ2v) is 19.0. The van der Waals surface area contributed by atoms with Gasteiger partial charge in [-0.15, -0.1) is 0 Å². The smallest absolute Gasteiger partial charge is 0.462 e. The van der Waals surface area contributed by atoms with E-state index in [1.165, 1.54) is 180 Å².